The van der Waals surface area contributed by atoms with Crippen molar-refractivity contribution < 1.29 is 0 Å². The first-order valence-electron chi connectivity index (χ1n) is 3.60. The van der Waals surface area contributed by atoms with Gasteiger partial charge in [-0.1, -0.05) is 0 Å². The fourth-order valence-electron chi connectivity index (χ4n) is 1.02. The van der Waals surface area contributed by atoms with Crippen LogP contribution in [-0.2, 0) is 6.54 Å². The average molecular weight is 151 g/mol. The number of nitrogens with one attached hydrogen (secondary N) is 1. The molecule has 0 atom stereocenters. The minimum absolute atomic E-state index is 0.624. The Kier molecular flexibility index (Phi) is 2.44. The monoisotopic (exact) mass is 151 g/mol. The minimum atomic E-state index is 0.624. The molecule has 0 fully saturated rings. The summed E-state index contributed by atoms with van der Waals surface area (Å²) in [4.78, 5) is 4.00. The summed E-state index contributed by atoms with van der Waals surface area (Å²) in [5.41, 5.74) is 7.94. The Labute approximate surface area is 66.6 Å². The lowest BCUT2D eigenvalue weighted by atomic mass is 10.1. The molecule has 60 valence electrons. The van der Waals surface area contributed by atoms with E-state index in [1.165, 1.54) is 5.56 Å². The standard InChI is InChI=1S/C8H13N3/c1-6-3-4-11-8(9)7(6)5-10-2/h3-4,10H,5H2,1-2H3,(H2,9,11). The van der Waals surface area contributed by atoms with Gasteiger partial charge in [-0.3, -0.25) is 0 Å². The first-order chi connectivity index (χ1) is 5.25. The van der Waals surface area contributed by atoms with Gasteiger partial charge in [0.25, 0.3) is 0 Å². The predicted octanol–water partition coefficient (Wildman–Crippen LogP) is 0.692. The van der Waals surface area contributed by atoms with Gasteiger partial charge in [0.1, 0.15) is 5.82 Å². The van der Waals surface area contributed by atoms with Crippen LogP contribution in [0.3, 0.4) is 0 Å². The molecule has 1 heterocycles. The highest BCUT2D eigenvalue weighted by Crippen LogP contribution is 2.11. The number of aryl methyl sites for hydroxylation is 1. The number of rotatable bonds is 2. The van der Waals surface area contributed by atoms with Crippen LogP contribution >= 0.6 is 0 Å². The van der Waals surface area contributed by atoms with Crippen LogP contribution in [0.15, 0.2) is 12.3 Å². The van der Waals surface area contributed by atoms with Crippen molar-refractivity contribution >= 4 is 5.82 Å². The van der Waals surface area contributed by atoms with Crippen molar-refractivity contribution in [3.63, 3.8) is 0 Å². The number of nitrogens with two attached hydrogens (primary N) is 1. The molecule has 0 radical (unpaired) electrons. The summed E-state index contributed by atoms with van der Waals surface area (Å²) >= 11 is 0. The van der Waals surface area contributed by atoms with Gasteiger partial charge in [-0.15, -0.1) is 0 Å². The molecule has 3 heteroatoms. The highest BCUT2D eigenvalue weighted by atomic mass is 14.9. The van der Waals surface area contributed by atoms with Gasteiger partial charge in [0.2, 0.25) is 0 Å². The van der Waals surface area contributed by atoms with E-state index in [2.05, 4.69) is 10.3 Å². The van der Waals surface area contributed by atoms with E-state index in [9.17, 15) is 0 Å². The molecular weight excluding hydrogens is 138 g/mol. The van der Waals surface area contributed by atoms with E-state index in [4.69, 9.17) is 5.73 Å². The van der Waals surface area contributed by atoms with Gasteiger partial charge in [-0.2, -0.15) is 0 Å². The van der Waals surface area contributed by atoms with Crippen molar-refractivity contribution in [1.82, 2.24) is 10.3 Å². The molecule has 0 aromatic carbocycles. The van der Waals surface area contributed by atoms with Crippen molar-refractivity contribution in [2.75, 3.05) is 12.8 Å². The van der Waals surface area contributed by atoms with Gasteiger partial charge in [0.05, 0.1) is 0 Å². The molecule has 0 aliphatic heterocycles. The number of pyridine rings is 1. The molecule has 0 saturated carbocycles. The van der Waals surface area contributed by atoms with Crippen molar-refractivity contribution in [3.8, 4) is 0 Å². The third-order valence-corrected chi connectivity index (χ3v) is 1.68. The predicted molar refractivity (Wildman–Crippen MR) is 46.2 cm³/mol. The summed E-state index contributed by atoms with van der Waals surface area (Å²) in [7, 11) is 1.89. The van der Waals surface area contributed by atoms with Crippen molar-refractivity contribution in [1.29, 1.82) is 0 Å². The molecule has 0 saturated heterocycles. The van der Waals surface area contributed by atoms with Gasteiger partial charge in [-0.05, 0) is 25.6 Å². The van der Waals surface area contributed by atoms with Crippen molar-refractivity contribution in [2.24, 2.45) is 0 Å². The van der Waals surface area contributed by atoms with E-state index in [0.717, 1.165) is 12.1 Å². The molecule has 3 nitrogen and oxygen atoms in total. The third-order valence-electron chi connectivity index (χ3n) is 1.68. The lowest BCUT2D eigenvalue weighted by Gasteiger charge is -2.06. The van der Waals surface area contributed by atoms with E-state index in [1.54, 1.807) is 6.20 Å². The molecule has 1 rings (SSSR count). The molecule has 3 N–H and O–H groups in total. The smallest absolute Gasteiger partial charge is 0.128 e. The first-order valence-corrected chi connectivity index (χ1v) is 3.60. The fraction of sp³-hybridized carbons (Fsp3) is 0.375. The van der Waals surface area contributed by atoms with Crippen LogP contribution < -0.4 is 11.1 Å². The molecule has 0 amide bonds. The Morgan fingerprint density at radius 2 is 2.36 bits per heavy atom. The summed E-state index contributed by atoms with van der Waals surface area (Å²) in [6, 6.07) is 1.96. The Balaban J connectivity index is 3.00. The summed E-state index contributed by atoms with van der Waals surface area (Å²) in [6.45, 7) is 2.82. The number of hydrogen-bond donors (Lipinski definition) is 2. The lowest BCUT2D eigenvalue weighted by molar-refractivity contribution is 0.810. The number of nitrogens with zero attached hydrogens (tertiary/aromatic N) is 1. The average Bonchev–Trinajstić information content (AvgIpc) is 1.97. The molecule has 11 heavy (non-hydrogen) atoms. The maximum absolute atomic E-state index is 5.66. The Morgan fingerprint density at radius 1 is 1.64 bits per heavy atom. The van der Waals surface area contributed by atoms with Crippen LogP contribution in [0.4, 0.5) is 5.82 Å². The number of nitrogen functional groups attached to an aromatic ring is 1. The lowest BCUT2D eigenvalue weighted by Crippen LogP contribution is -2.10. The zero-order valence-electron chi connectivity index (χ0n) is 6.89. The Morgan fingerprint density at radius 3 is 2.91 bits per heavy atom. The Bertz CT molecular complexity index is 225. The maximum atomic E-state index is 5.66. The first kappa shape index (κ1) is 8.01. The molecule has 0 unspecified atom stereocenters. The van der Waals surface area contributed by atoms with Gasteiger partial charge >= 0.3 is 0 Å². The second kappa shape index (κ2) is 3.34. The van der Waals surface area contributed by atoms with Crippen LogP contribution in [0, 0.1) is 6.92 Å². The van der Waals surface area contributed by atoms with Crippen molar-refractivity contribution in [3.05, 3.63) is 23.4 Å². The third kappa shape index (κ3) is 1.68. The number of anilines is 1. The second-order valence-corrected chi connectivity index (χ2v) is 2.52. The quantitative estimate of drug-likeness (QED) is 0.654. The summed E-state index contributed by atoms with van der Waals surface area (Å²) in [6.07, 6.45) is 1.73. The molecule has 0 aliphatic carbocycles. The zero-order chi connectivity index (χ0) is 8.27. The highest BCUT2D eigenvalue weighted by molar-refractivity contribution is 5.43. The van der Waals surface area contributed by atoms with Crippen LogP contribution in [-0.4, -0.2) is 12.0 Å². The molecule has 1 aromatic rings. The van der Waals surface area contributed by atoms with E-state index >= 15 is 0 Å². The van der Waals surface area contributed by atoms with Gasteiger partial charge < -0.3 is 11.1 Å². The molecule has 0 bridgehead atoms. The molecule has 0 spiro atoms. The Hall–Kier alpha value is -1.09. The maximum Gasteiger partial charge on any atom is 0.128 e. The van der Waals surface area contributed by atoms with Gasteiger partial charge in [0.15, 0.2) is 0 Å². The second-order valence-electron chi connectivity index (χ2n) is 2.52. The van der Waals surface area contributed by atoms with Crippen LogP contribution in [0.1, 0.15) is 11.1 Å². The topological polar surface area (TPSA) is 50.9 Å². The zero-order valence-corrected chi connectivity index (χ0v) is 6.89. The minimum Gasteiger partial charge on any atom is -0.383 e. The highest BCUT2D eigenvalue weighted by Gasteiger charge is 2.00. The van der Waals surface area contributed by atoms with Crippen molar-refractivity contribution in [2.45, 2.75) is 13.5 Å². The van der Waals surface area contributed by atoms with E-state index in [1.807, 2.05) is 20.0 Å². The summed E-state index contributed by atoms with van der Waals surface area (Å²) in [5, 5.41) is 3.05. The van der Waals surface area contributed by atoms with E-state index in [0.29, 0.717) is 5.82 Å². The summed E-state index contributed by atoms with van der Waals surface area (Å²) in [5.74, 6) is 0.624. The molecule has 1 aromatic heterocycles. The number of aromatic nitrogens is 1. The van der Waals surface area contributed by atoms with Gasteiger partial charge in [-0.25, -0.2) is 4.98 Å². The van der Waals surface area contributed by atoms with Crippen LogP contribution in [0.25, 0.3) is 0 Å². The van der Waals surface area contributed by atoms with Gasteiger partial charge in [0, 0.05) is 18.3 Å². The normalized spacial score (nSPS) is 10.0. The van der Waals surface area contributed by atoms with Crippen LogP contribution in [0.2, 0.25) is 0 Å². The largest absolute Gasteiger partial charge is 0.383 e. The van der Waals surface area contributed by atoms with E-state index in [-0.39, 0.29) is 0 Å². The fourth-order valence-corrected chi connectivity index (χ4v) is 1.02. The molecular formula is C8H13N3. The van der Waals surface area contributed by atoms with E-state index < -0.39 is 0 Å². The summed E-state index contributed by atoms with van der Waals surface area (Å²) < 4.78 is 0. The SMILES string of the molecule is CNCc1c(C)ccnc1N. The molecule has 0 aliphatic rings. The number of hydrogen-bond acceptors (Lipinski definition) is 3. The van der Waals surface area contributed by atoms with Crippen LogP contribution in [0.5, 0.6) is 0 Å².